The molecule has 0 spiro atoms. The molecule has 1 aromatic carbocycles. The molecule has 0 aromatic heterocycles. The number of rotatable bonds is 7. The molecule has 1 aliphatic heterocycles. The Labute approximate surface area is 155 Å². The van der Waals surface area contributed by atoms with E-state index in [4.69, 9.17) is 0 Å². The highest BCUT2D eigenvalue weighted by Gasteiger charge is 2.34. The number of nitrogens with one attached hydrogen (secondary N) is 3. The topological polar surface area (TPSA) is 90.5 Å². The number of hydrogen-bond donors (Lipinski definition) is 3. The lowest BCUT2D eigenvalue weighted by atomic mass is 10.2. The van der Waals surface area contributed by atoms with E-state index in [1.165, 1.54) is 6.07 Å². The normalized spacial score (nSPS) is 19.6. The Hall–Kier alpha value is -2.55. The molecular weight excluding hydrogens is 358 g/mol. The van der Waals surface area contributed by atoms with Crippen molar-refractivity contribution in [3.05, 3.63) is 29.8 Å². The smallest absolute Gasteiger partial charge is 0.243 e. The van der Waals surface area contributed by atoms with E-state index >= 15 is 0 Å². The highest BCUT2D eigenvalue weighted by Crippen LogP contribution is 2.22. The summed E-state index contributed by atoms with van der Waals surface area (Å²) >= 11 is 0. The van der Waals surface area contributed by atoms with Gasteiger partial charge >= 0.3 is 0 Å². The average molecular weight is 380 g/mol. The number of anilines is 1. The van der Waals surface area contributed by atoms with Crippen LogP contribution >= 0.6 is 0 Å². The van der Waals surface area contributed by atoms with Crippen molar-refractivity contribution < 1.29 is 23.2 Å². The molecule has 1 aliphatic carbocycles. The summed E-state index contributed by atoms with van der Waals surface area (Å²) in [7, 11) is 0. The van der Waals surface area contributed by atoms with Crippen LogP contribution in [0.5, 0.6) is 0 Å². The largest absolute Gasteiger partial charge is 0.352 e. The molecule has 0 radical (unpaired) electrons. The second-order valence-corrected chi connectivity index (χ2v) is 6.87. The Balaban J connectivity index is 1.42. The molecule has 3 rings (SSSR count). The van der Waals surface area contributed by atoms with Gasteiger partial charge in [0, 0.05) is 17.8 Å². The fraction of sp³-hybridized carbons (Fsp3) is 0.500. The van der Waals surface area contributed by atoms with Gasteiger partial charge in [0.15, 0.2) is 11.6 Å². The summed E-state index contributed by atoms with van der Waals surface area (Å²) < 4.78 is 26.0. The molecule has 9 heteroatoms. The molecule has 0 bridgehead atoms. The molecule has 1 heterocycles. The molecule has 1 atom stereocenters. The quantitative estimate of drug-likeness (QED) is 0.652. The number of nitrogens with zero attached hydrogens (tertiary/aromatic N) is 1. The second kappa shape index (κ2) is 8.43. The highest BCUT2D eigenvalue weighted by atomic mass is 19.2. The molecule has 3 amide bonds. The summed E-state index contributed by atoms with van der Waals surface area (Å²) in [4.78, 5) is 37.9. The first-order chi connectivity index (χ1) is 12.9. The van der Waals surface area contributed by atoms with Crippen molar-refractivity contribution in [2.75, 3.05) is 25.0 Å². The van der Waals surface area contributed by atoms with Gasteiger partial charge in [-0.25, -0.2) is 8.78 Å². The van der Waals surface area contributed by atoms with Crippen molar-refractivity contribution in [1.29, 1.82) is 0 Å². The fourth-order valence-corrected chi connectivity index (χ4v) is 3.04. The zero-order chi connectivity index (χ0) is 19.4. The number of carbonyl (C=O) groups is 3. The van der Waals surface area contributed by atoms with Gasteiger partial charge < -0.3 is 16.0 Å². The molecule has 146 valence electrons. The number of likely N-dealkylation sites (tertiary alicyclic amines) is 1. The second-order valence-electron chi connectivity index (χ2n) is 6.87. The fourth-order valence-electron chi connectivity index (χ4n) is 3.04. The van der Waals surface area contributed by atoms with E-state index in [1.807, 2.05) is 0 Å². The lowest BCUT2D eigenvalue weighted by Gasteiger charge is -2.23. The highest BCUT2D eigenvalue weighted by molar-refractivity contribution is 5.94. The van der Waals surface area contributed by atoms with Crippen LogP contribution in [-0.2, 0) is 14.4 Å². The van der Waals surface area contributed by atoms with E-state index in [0.29, 0.717) is 13.0 Å². The Bertz CT molecular complexity index is 739. The number of amides is 3. The van der Waals surface area contributed by atoms with Gasteiger partial charge in [-0.2, -0.15) is 0 Å². The summed E-state index contributed by atoms with van der Waals surface area (Å²) in [5, 5.41) is 7.80. The van der Waals surface area contributed by atoms with Crippen LogP contribution in [0.1, 0.15) is 25.7 Å². The van der Waals surface area contributed by atoms with Crippen LogP contribution in [0.3, 0.4) is 0 Å². The third kappa shape index (κ3) is 5.46. The van der Waals surface area contributed by atoms with Gasteiger partial charge in [0.25, 0.3) is 0 Å². The zero-order valence-electron chi connectivity index (χ0n) is 14.8. The molecule has 2 aliphatic rings. The van der Waals surface area contributed by atoms with Crippen LogP contribution in [0.4, 0.5) is 14.5 Å². The van der Waals surface area contributed by atoms with E-state index in [2.05, 4.69) is 16.0 Å². The summed E-state index contributed by atoms with van der Waals surface area (Å²) in [6, 6.07) is 2.96. The van der Waals surface area contributed by atoms with Gasteiger partial charge in [-0.1, -0.05) is 0 Å². The lowest BCUT2D eigenvalue weighted by molar-refractivity contribution is -0.128. The van der Waals surface area contributed by atoms with Crippen LogP contribution in [0.15, 0.2) is 18.2 Å². The predicted octanol–water partition coefficient (Wildman–Crippen LogP) is 0.763. The van der Waals surface area contributed by atoms with Crippen LogP contribution < -0.4 is 16.0 Å². The molecule has 1 aromatic rings. The van der Waals surface area contributed by atoms with Gasteiger partial charge in [-0.15, -0.1) is 0 Å². The van der Waals surface area contributed by atoms with E-state index in [9.17, 15) is 23.2 Å². The van der Waals surface area contributed by atoms with Crippen molar-refractivity contribution in [2.45, 2.75) is 37.8 Å². The van der Waals surface area contributed by atoms with E-state index in [0.717, 1.165) is 31.4 Å². The average Bonchev–Trinajstić information content (AvgIpc) is 3.31. The maximum atomic E-state index is 13.1. The van der Waals surface area contributed by atoms with Gasteiger partial charge in [-0.3, -0.25) is 19.3 Å². The van der Waals surface area contributed by atoms with Gasteiger partial charge in [0.1, 0.15) is 0 Å². The summed E-state index contributed by atoms with van der Waals surface area (Å²) in [6.07, 6.45) is 3.56. The maximum Gasteiger partial charge on any atom is 0.243 e. The number of carbonyl (C=O) groups excluding carboxylic acids is 3. The molecule has 7 nitrogen and oxygen atoms in total. The number of halogens is 2. The summed E-state index contributed by atoms with van der Waals surface area (Å²) in [5.74, 6) is -3.05. The first-order valence-electron chi connectivity index (χ1n) is 8.98. The van der Waals surface area contributed by atoms with Crippen molar-refractivity contribution in [1.82, 2.24) is 15.5 Å². The van der Waals surface area contributed by atoms with Crippen LogP contribution in [0, 0.1) is 11.6 Å². The summed E-state index contributed by atoms with van der Waals surface area (Å²) in [5.41, 5.74) is 0.101. The third-order valence-corrected chi connectivity index (χ3v) is 4.59. The molecule has 2 fully saturated rings. The minimum Gasteiger partial charge on any atom is -0.352 e. The molecule has 1 unspecified atom stereocenters. The van der Waals surface area contributed by atoms with Gasteiger partial charge in [0.2, 0.25) is 17.7 Å². The van der Waals surface area contributed by atoms with Crippen LogP contribution in [0.25, 0.3) is 0 Å². The van der Waals surface area contributed by atoms with Crippen molar-refractivity contribution in [3.63, 3.8) is 0 Å². The van der Waals surface area contributed by atoms with Crippen LogP contribution in [-0.4, -0.2) is 54.3 Å². The van der Waals surface area contributed by atoms with Gasteiger partial charge in [0.05, 0.1) is 19.1 Å². The van der Waals surface area contributed by atoms with E-state index in [1.54, 1.807) is 4.90 Å². The molecular formula is C18H22F2N4O3. The standard InChI is InChI=1S/C18H22F2N4O3/c19-13-6-5-12(8-14(13)20)22-16(25)9-21-17(26)10-24-7-1-2-15(24)18(27)23-11-3-4-11/h5-6,8,11,15H,1-4,7,9-10H2,(H,21,26)(H,22,25)(H,23,27). The minimum absolute atomic E-state index is 0.0290. The maximum absolute atomic E-state index is 13.1. The van der Waals surface area contributed by atoms with Crippen LogP contribution in [0.2, 0.25) is 0 Å². The molecule has 1 saturated carbocycles. The number of hydrogen-bond acceptors (Lipinski definition) is 4. The first kappa shape index (κ1) is 19.2. The molecule has 1 saturated heterocycles. The Morgan fingerprint density at radius 3 is 2.56 bits per heavy atom. The zero-order valence-corrected chi connectivity index (χ0v) is 14.8. The minimum atomic E-state index is -1.07. The third-order valence-electron chi connectivity index (χ3n) is 4.59. The number of benzene rings is 1. The Kier molecular flexibility index (Phi) is 6.00. The summed E-state index contributed by atoms with van der Waals surface area (Å²) in [6.45, 7) is 0.378. The SMILES string of the molecule is O=C(CN1CCCC1C(=O)NC1CC1)NCC(=O)Nc1ccc(F)c(F)c1. The molecule has 27 heavy (non-hydrogen) atoms. The monoisotopic (exact) mass is 380 g/mol. The van der Waals surface area contributed by atoms with Crippen molar-refractivity contribution in [2.24, 2.45) is 0 Å². The Morgan fingerprint density at radius 2 is 1.85 bits per heavy atom. The predicted molar refractivity (Wildman–Crippen MR) is 93.8 cm³/mol. The van der Waals surface area contributed by atoms with E-state index < -0.39 is 17.5 Å². The molecule has 3 N–H and O–H groups in total. The van der Waals surface area contributed by atoms with Crippen molar-refractivity contribution >= 4 is 23.4 Å². The Morgan fingerprint density at radius 1 is 1.07 bits per heavy atom. The van der Waals surface area contributed by atoms with Gasteiger partial charge in [-0.05, 0) is 44.4 Å². The van der Waals surface area contributed by atoms with E-state index in [-0.39, 0.29) is 42.7 Å². The lowest BCUT2D eigenvalue weighted by Crippen LogP contribution is -2.48. The first-order valence-corrected chi connectivity index (χ1v) is 8.98. The van der Waals surface area contributed by atoms with Crippen molar-refractivity contribution in [3.8, 4) is 0 Å².